The molecule has 1 aliphatic heterocycles. The molecule has 1 fully saturated rings. The predicted octanol–water partition coefficient (Wildman–Crippen LogP) is 5.12. The molecule has 29 heavy (non-hydrogen) atoms. The number of rotatable bonds is 8. The number of hydrogen-bond donors (Lipinski definition) is 0. The first-order valence-electron chi connectivity index (χ1n) is 9.52. The molecule has 7 heteroatoms. The minimum atomic E-state index is -3.60. The van der Waals surface area contributed by atoms with E-state index in [2.05, 4.69) is 12.1 Å². The van der Waals surface area contributed by atoms with E-state index in [4.69, 9.17) is 4.74 Å². The van der Waals surface area contributed by atoms with E-state index >= 15 is 0 Å². The number of hydrogen-bond acceptors (Lipinski definition) is 4. The van der Waals surface area contributed by atoms with Crippen LogP contribution in [0, 0.1) is 6.92 Å². The van der Waals surface area contributed by atoms with Crippen LogP contribution in [-0.2, 0) is 21.9 Å². The number of allylic oxidation sites excluding steroid dienone is 1. The number of aryl methyl sites for hydroxylation is 2. The lowest BCUT2D eigenvalue weighted by atomic mass is 10.0. The second kappa shape index (κ2) is 9.31. The number of carbonyl (C=O) groups is 2. The molecule has 2 heterocycles. The Balaban J connectivity index is 1.63. The van der Waals surface area contributed by atoms with Crippen molar-refractivity contribution in [1.29, 1.82) is 0 Å². The molecular formula is C22H23F2NO3S. The van der Waals surface area contributed by atoms with Gasteiger partial charge in [0.1, 0.15) is 0 Å². The van der Waals surface area contributed by atoms with Crippen LogP contribution in [0.1, 0.15) is 28.2 Å². The number of amides is 1. The zero-order valence-electron chi connectivity index (χ0n) is 16.1. The first-order valence-corrected chi connectivity index (χ1v) is 10.3. The topological polar surface area (TPSA) is 46.6 Å². The summed E-state index contributed by atoms with van der Waals surface area (Å²) in [6.45, 7) is 2.69. The summed E-state index contributed by atoms with van der Waals surface area (Å²) in [5.41, 5.74) is -0.346. The van der Waals surface area contributed by atoms with Crippen LogP contribution >= 0.6 is 11.3 Å². The summed E-state index contributed by atoms with van der Waals surface area (Å²) >= 11 is 1.71. The Labute approximate surface area is 172 Å². The van der Waals surface area contributed by atoms with Gasteiger partial charge in [-0.15, -0.1) is 11.3 Å². The van der Waals surface area contributed by atoms with Gasteiger partial charge in [-0.05, 0) is 38.0 Å². The Hall–Kier alpha value is -2.54. The van der Waals surface area contributed by atoms with Crippen molar-refractivity contribution in [2.24, 2.45) is 0 Å². The molecular weight excluding hydrogens is 396 g/mol. The molecule has 4 nitrogen and oxygen atoms in total. The number of thiophene rings is 1. The molecule has 0 spiro atoms. The lowest BCUT2D eigenvalue weighted by Gasteiger charge is -2.33. The molecule has 154 valence electrons. The highest BCUT2D eigenvalue weighted by Gasteiger charge is 2.39. The summed E-state index contributed by atoms with van der Waals surface area (Å²) in [4.78, 5) is 28.3. The molecule has 1 aromatic heterocycles. The van der Waals surface area contributed by atoms with E-state index in [0.717, 1.165) is 18.9 Å². The Morgan fingerprint density at radius 2 is 2.03 bits per heavy atom. The van der Waals surface area contributed by atoms with Gasteiger partial charge in [0.15, 0.2) is 0 Å². The van der Waals surface area contributed by atoms with Crippen molar-refractivity contribution in [3.63, 3.8) is 0 Å². The molecule has 0 saturated carbocycles. The third kappa shape index (κ3) is 5.29. The highest BCUT2D eigenvalue weighted by molar-refractivity contribution is 7.11. The number of halogens is 2. The first kappa shape index (κ1) is 21.2. The van der Waals surface area contributed by atoms with Crippen LogP contribution in [0.25, 0.3) is 0 Å². The largest absolute Gasteiger partial charge is 0.449 e. The molecule has 0 radical (unpaired) electrons. The quantitative estimate of drug-likeness (QED) is 0.558. The Kier molecular flexibility index (Phi) is 6.79. The first-order chi connectivity index (χ1) is 13.9. The molecule has 2 aromatic rings. The van der Waals surface area contributed by atoms with Crippen LogP contribution in [0.3, 0.4) is 0 Å². The third-order valence-electron chi connectivity index (χ3n) is 4.81. The van der Waals surface area contributed by atoms with Gasteiger partial charge in [-0.25, -0.2) is 4.79 Å². The summed E-state index contributed by atoms with van der Waals surface area (Å²) in [7, 11) is 0. The molecule has 0 bridgehead atoms. The normalized spacial score (nSPS) is 17.6. The maximum Gasteiger partial charge on any atom is 0.410 e. The molecule has 1 aliphatic rings. The van der Waals surface area contributed by atoms with Crippen LogP contribution < -0.4 is 0 Å². The second-order valence-corrected chi connectivity index (χ2v) is 8.32. The third-order valence-corrected chi connectivity index (χ3v) is 5.87. The number of cyclic esters (lactones) is 1. The average molecular weight is 419 g/mol. The van der Waals surface area contributed by atoms with E-state index in [1.54, 1.807) is 17.4 Å². The number of nitrogens with zero attached hydrogens (tertiary/aromatic N) is 1. The van der Waals surface area contributed by atoms with Crippen LogP contribution in [0.4, 0.5) is 13.6 Å². The molecule has 3 rings (SSSR count). The van der Waals surface area contributed by atoms with Crippen molar-refractivity contribution in [3.05, 3.63) is 69.9 Å². The van der Waals surface area contributed by atoms with Crippen molar-refractivity contribution in [2.75, 3.05) is 13.2 Å². The number of carbonyl (C=O) groups excluding carboxylic acids is 2. The second-order valence-electron chi connectivity index (χ2n) is 6.94. The summed E-state index contributed by atoms with van der Waals surface area (Å²) in [6, 6.07) is 10.7. The van der Waals surface area contributed by atoms with E-state index in [0.29, 0.717) is 13.0 Å². The summed E-state index contributed by atoms with van der Waals surface area (Å²) in [6.07, 6.45) is 3.83. The van der Waals surface area contributed by atoms with Crippen molar-refractivity contribution in [1.82, 2.24) is 4.90 Å². The van der Waals surface area contributed by atoms with Crippen molar-refractivity contribution >= 4 is 23.2 Å². The highest BCUT2D eigenvalue weighted by atomic mass is 32.1. The number of ketones is 1. The maximum absolute atomic E-state index is 14.4. The number of alkyl halides is 2. The van der Waals surface area contributed by atoms with Gasteiger partial charge >= 0.3 is 12.0 Å². The smallest absolute Gasteiger partial charge is 0.410 e. The maximum atomic E-state index is 14.4. The zero-order chi connectivity index (χ0) is 20.9. The SMILES string of the molecule is Cc1ccc(CCCN2C(=O)OCC[C@@H]2/C=C/C(=O)C(F)(F)c2ccccc2)s1. The van der Waals surface area contributed by atoms with Gasteiger partial charge in [0.05, 0.1) is 12.6 Å². The van der Waals surface area contributed by atoms with Gasteiger partial charge in [0.25, 0.3) is 0 Å². The predicted molar refractivity (Wildman–Crippen MR) is 108 cm³/mol. The fourth-order valence-corrected chi connectivity index (χ4v) is 4.17. The van der Waals surface area contributed by atoms with Gasteiger partial charge in [-0.1, -0.05) is 36.4 Å². The van der Waals surface area contributed by atoms with E-state index in [1.807, 2.05) is 6.92 Å². The van der Waals surface area contributed by atoms with Crippen molar-refractivity contribution < 1.29 is 23.1 Å². The van der Waals surface area contributed by atoms with Gasteiger partial charge in [0, 0.05) is 28.3 Å². The Bertz CT molecular complexity index is 879. The fourth-order valence-electron chi connectivity index (χ4n) is 3.23. The summed E-state index contributed by atoms with van der Waals surface area (Å²) in [5, 5.41) is 0. The molecule has 1 amide bonds. The lowest BCUT2D eigenvalue weighted by Crippen LogP contribution is -2.45. The standard InChI is InChI=1S/C22H23F2NO3S/c1-16-9-11-19(29-16)8-5-14-25-18(13-15-28-21(25)27)10-12-20(26)22(23,24)17-6-3-2-4-7-17/h2-4,6-7,9-12,18H,5,8,13-15H2,1H3/b12-10+/t18-/m0/s1. The van der Waals surface area contributed by atoms with Gasteiger partial charge in [-0.3, -0.25) is 4.79 Å². The monoisotopic (exact) mass is 419 g/mol. The average Bonchev–Trinajstić information content (AvgIpc) is 3.13. The molecule has 0 aliphatic carbocycles. The summed E-state index contributed by atoms with van der Waals surface area (Å²) < 4.78 is 33.8. The minimum Gasteiger partial charge on any atom is -0.449 e. The van der Waals surface area contributed by atoms with E-state index < -0.39 is 23.8 Å². The zero-order valence-corrected chi connectivity index (χ0v) is 17.0. The lowest BCUT2D eigenvalue weighted by molar-refractivity contribution is -0.139. The van der Waals surface area contributed by atoms with Crippen LogP contribution in [0.15, 0.2) is 54.6 Å². The summed E-state index contributed by atoms with van der Waals surface area (Å²) in [5.74, 6) is -4.90. The van der Waals surface area contributed by atoms with Crippen molar-refractivity contribution in [3.8, 4) is 0 Å². The van der Waals surface area contributed by atoms with Gasteiger partial charge < -0.3 is 9.64 Å². The Morgan fingerprint density at radius 3 is 2.72 bits per heavy atom. The molecule has 0 N–H and O–H groups in total. The highest BCUT2D eigenvalue weighted by Crippen LogP contribution is 2.29. The van der Waals surface area contributed by atoms with E-state index in [1.165, 1.54) is 45.0 Å². The van der Waals surface area contributed by atoms with Gasteiger partial charge in [-0.2, -0.15) is 8.78 Å². The molecule has 1 atom stereocenters. The molecule has 1 aromatic carbocycles. The van der Waals surface area contributed by atoms with Gasteiger partial charge in [0.2, 0.25) is 5.78 Å². The fraction of sp³-hybridized carbons (Fsp3) is 0.364. The van der Waals surface area contributed by atoms with E-state index in [9.17, 15) is 18.4 Å². The minimum absolute atomic E-state index is 0.206. The number of ether oxygens (including phenoxy) is 1. The van der Waals surface area contributed by atoms with Crippen LogP contribution in [-0.4, -0.2) is 36.0 Å². The number of benzene rings is 1. The molecule has 0 unspecified atom stereocenters. The Morgan fingerprint density at radius 1 is 1.28 bits per heavy atom. The van der Waals surface area contributed by atoms with Crippen LogP contribution in [0.5, 0.6) is 0 Å². The van der Waals surface area contributed by atoms with Crippen LogP contribution in [0.2, 0.25) is 0 Å². The van der Waals surface area contributed by atoms with E-state index in [-0.39, 0.29) is 12.2 Å². The van der Waals surface area contributed by atoms with Crippen molar-refractivity contribution in [2.45, 2.75) is 38.2 Å². The molecule has 1 saturated heterocycles.